The molecule has 9 heteroatoms. The van der Waals surface area contributed by atoms with E-state index in [9.17, 15) is 18.8 Å². The first-order chi connectivity index (χ1) is 15.2. The molecule has 2 N–H and O–H groups in total. The zero-order valence-corrected chi connectivity index (χ0v) is 19.0. The van der Waals surface area contributed by atoms with Crippen LogP contribution in [0.4, 0.5) is 9.18 Å². The number of benzene rings is 1. The van der Waals surface area contributed by atoms with Gasteiger partial charge in [-0.1, -0.05) is 12.1 Å². The van der Waals surface area contributed by atoms with Gasteiger partial charge in [0.05, 0.1) is 12.5 Å². The van der Waals surface area contributed by atoms with E-state index in [1.54, 1.807) is 21.9 Å². The number of fused-ring (bicyclic) bond motifs is 3. The van der Waals surface area contributed by atoms with Crippen LogP contribution in [0.5, 0.6) is 0 Å². The topological polar surface area (TPSA) is 85.0 Å². The zero-order valence-electron chi connectivity index (χ0n) is 19.0. The molecular weight excluding hydrogens is 413 g/mol. The van der Waals surface area contributed by atoms with E-state index in [0.29, 0.717) is 19.3 Å². The minimum absolute atomic E-state index is 0.0171. The van der Waals surface area contributed by atoms with Crippen molar-refractivity contribution < 1.29 is 18.8 Å². The van der Waals surface area contributed by atoms with E-state index < -0.39 is 6.29 Å². The van der Waals surface area contributed by atoms with Gasteiger partial charge in [0, 0.05) is 24.0 Å². The second-order valence-electron chi connectivity index (χ2n) is 9.59. The van der Waals surface area contributed by atoms with E-state index in [1.807, 2.05) is 27.7 Å². The maximum absolute atomic E-state index is 13.5. The molecule has 4 atom stereocenters. The number of carbonyl (C=O) groups excluding carboxylic acids is 3. The van der Waals surface area contributed by atoms with Crippen molar-refractivity contribution in [2.75, 3.05) is 0 Å². The van der Waals surface area contributed by atoms with Crippen molar-refractivity contribution >= 4 is 17.8 Å². The van der Waals surface area contributed by atoms with Gasteiger partial charge in [0.25, 0.3) is 0 Å². The van der Waals surface area contributed by atoms with Gasteiger partial charge in [-0.2, -0.15) is 5.43 Å². The summed E-state index contributed by atoms with van der Waals surface area (Å²) in [5.74, 6) is -0.862. The molecule has 4 rings (SSSR count). The third kappa shape index (κ3) is 4.05. The number of hydrazine groups is 1. The fourth-order valence-corrected chi connectivity index (χ4v) is 5.14. The molecular formula is C23H32FN5O3. The molecule has 0 bridgehead atoms. The summed E-state index contributed by atoms with van der Waals surface area (Å²) in [4.78, 5) is 43.0. The molecule has 1 aromatic carbocycles. The van der Waals surface area contributed by atoms with E-state index in [2.05, 4.69) is 10.7 Å². The Morgan fingerprint density at radius 3 is 2.47 bits per heavy atom. The molecule has 3 aliphatic rings. The van der Waals surface area contributed by atoms with Gasteiger partial charge in [0.2, 0.25) is 11.8 Å². The number of carbonyl (C=O) groups is 3. The summed E-state index contributed by atoms with van der Waals surface area (Å²) in [5, 5.41) is 4.46. The predicted molar refractivity (Wildman–Crippen MR) is 116 cm³/mol. The highest BCUT2D eigenvalue weighted by atomic mass is 19.1. The van der Waals surface area contributed by atoms with Crippen LogP contribution in [0, 0.1) is 17.7 Å². The fraction of sp³-hybridized carbons (Fsp3) is 0.609. The molecule has 4 unspecified atom stereocenters. The Hall–Kier alpha value is -2.68. The number of amides is 4. The highest BCUT2D eigenvalue weighted by molar-refractivity contribution is 5.87. The zero-order chi connectivity index (χ0) is 23.2. The van der Waals surface area contributed by atoms with E-state index >= 15 is 0 Å². The first kappa shape index (κ1) is 22.5. The maximum atomic E-state index is 13.5. The molecule has 8 nitrogen and oxygen atoms in total. The first-order valence-electron chi connectivity index (χ1n) is 11.4. The second kappa shape index (κ2) is 8.69. The lowest BCUT2D eigenvalue weighted by atomic mass is 9.75. The van der Waals surface area contributed by atoms with Crippen molar-refractivity contribution in [3.05, 3.63) is 35.6 Å². The molecule has 0 spiro atoms. The van der Waals surface area contributed by atoms with Crippen molar-refractivity contribution in [2.45, 2.75) is 77.9 Å². The van der Waals surface area contributed by atoms with Crippen molar-refractivity contribution in [1.82, 2.24) is 25.6 Å². The summed E-state index contributed by atoms with van der Waals surface area (Å²) in [6.07, 6.45) is 1.09. The number of nitrogens with zero attached hydrogens (tertiary/aromatic N) is 3. The van der Waals surface area contributed by atoms with E-state index in [0.717, 1.165) is 5.56 Å². The Kier molecular flexibility index (Phi) is 6.11. The van der Waals surface area contributed by atoms with Crippen LogP contribution in [0.3, 0.4) is 0 Å². The smallest absolute Gasteiger partial charge is 0.337 e. The molecule has 174 valence electrons. The predicted octanol–water partition coefficient (Wildman–Crippen LogP) is 2.41. The normalized spacial score (nSPS) is 27.8. The third-order valence-corrected chi connectivity index (χ3v) is 6.61. The van der Waals surface area contributed by atoms with Gasteiger partial charge in [0.15, 0.2) is 6.29 Å². The lowest BCUT2D eigenvalue weighted by Gasteiger charge is -2.51. The number of hydrogen-bond acceptors (Lipinski definition) is 4. The SMILES string of the molecule is CC(C)NC(=O)C1CCC2C(=O)N(C(C)C)C3NN(Cc4ccc(F)cc4)C(=O)N3C2C1. The van der Waals surface area contributed by atoms with Crippen LogP contribution in [-0.2, 0) is 16.1 Å². The molecule has 2 aliphatic heterocycles. The Balaban J connectivity index is 1.60. The monoisotopic (exact) mass is 445 g/mol. The van der Waals surface area contributed by atoms with E-state index in [-0.39, 0.29) is 60.2 Å². The quantitative estimate of drug-likeness (QED) is 0.729. The molecule has 1 saturated carbocycles. The first-order valence-corrected chi connectivity index (χ1v) is 11.4. The van der Waals surface area contributed by atoms with Crippen LogP contribution < -0.4 is 10.7 Å². The molecule has 3 fully saturated rings. The van der Waals surface area contributed by atoms with Gasteiger partial charge >= 0.3 is 6.03 Å². The molecule has 0 aromatic heterocycles. The van der Waals surface area contributed by atoms with Crippen molar-refractivity contribution in [2.24, 2.45) is 11.8 Å². The lowest BCUT2D eigenvalue weighted by molar-refractivity contribution is -0.162. The van der Waals surface area contributed by atoms with Gasteiger partial charge in [-0.3, -0.25) is 19.5 Å². The van der Waals surface area contributed by atoms with Crippen LogP contribution in [0.25, 0.3) is 0 Å². The van der Waals surface area contributed by atoms with Crippen molar-refractivity contribution in [1.29, 1.82) is 0 Å². The number of nitrogens with one attached hydrogen (secondary N) is 2. The van der Waals surface area contributed by atoms with Crippen molar-refractivity contribution in [3.63, 3.8) is 0 Å². The van der Waals surface area contributed by atoms with Crippen LogP contribution in [-0.4, -0.2) is 57.1 Å². The molecule has 4 amide bonds. The van der Waals surface area contributed by atoms with Crippen LogP contribution in [0.15, 0.2) is 24.3 Å². The molecule has 2 saturated heterocycles. The van der Waals surface area contributed by atoms with Crippen LogP contribution in [0.2, 0.25) is 0 Å². The van der Waals surface area contributed by atoms with Crippen molar-refractivity contribution in [3.8, 4) is 0 Å². The second-order valence-corrected chi connectivity index (χ2v) is 9.59. The van der Waals surface area contributed by atoms with Crippen LogP contribution in [0.1, 0.15) is 52.5 Å². The molecule has 1 aliphatic carbocycles. The van der Waals surface area contributed by atoms with Gasteiger partial charge in [-0.25, -0.2) is 9.18 Å². The molecule has 0 radical (unpaired) electrons. The average Bonchev–Trinajstić information content (AvgIpc) is 3.04. The van der Waals surface area contributed by atoms with Crippen LogP contribution >= 0.6 is 0 Å². The van der Waals surface area contributed by atoms with E-state index in [1.165, 1.54) is 17.1 Å². The number of rotatable bonds is 5. The number of halogens is 1. The minimum atomic E-state index is -0.594. The highest BCUT2D eigenvalue weighted by Gasteiger charge is 2.56. The summed E-state index contributed by atoms with van der Waals surface area (Å²) in [6.45, 7) is 7.97. The molecule has 32 heavy (non-hydrogen) atoms. The Bertz CT molecular complexity index is 890. The summed E-state index contributed by atoms with van der Waals surface area (Å²) >= 11 is 0. The van der Waals surface area contributed by atoms with Gasteiger partial charge < -0.3 is 10.2 Å². The highest BCUT2D eigenvalue weighted by Crippen LogP contribution is 2.41. The van der Waals surface area contributed by atoms with E-state index in [4.69, 9.17) is 0 Å². The Labute approximate surface area is 188 Å². The number of hydrogen-bond donors (Lipinski definition) is 2. The lowest BCUT2D eigenvalue weighted by Crippen LogP contribution is -2.68. The van der Waals surface area contributed by atoms with Gasteiger partial charge in [0.1, 0.15) is 5.82 Å². The average molecular weight is 446 g/mol. The Morgan fingerprint density at radius 1 is 1.16 bits per heavy atom. The summed E-state index contributed by atoms with van der Waals surface area (Å²) in [7, 11) is 0. The van der Waals surface area contributed by atoms with Gasteiger partial charge in [-0.15, -0.1) is 0 Å². The Morgan fingerprint density at radius 2 is 1.84 bits per heavy atom. The summed E-state index contributed by atoms with van der Waals surface area (Å²) < 4.78 is 13.3. The minimum Gasteiger partial charge on any atom is -0.354 e. The van der Waals surface area contributed by atoms with Gasteiger partial charge in [-0.05, 0) is 64.7 Å². The molecule has 2 heterocycles. The fourth-order valence-electron chi connectivity index (χ4n) is 5.14. The number of urea groups is 1. The third-order valence-electron chi connectivity index (χ3n) is 6.61. The summed E-state index contributed by atoms with van der Waals surface area (Å²) in [6, 6.07) is 5.40. The largest absolute Gasteiger partial charge is 0.354 e. The standard InChI is InChI=1S/C23H32FN5O3/c1-13(2)25-20(30)16-7-10-18-19(11-16)29-22(28(14(3)4)21(18)31)26-27(23(29)32)12-15-5-8-17(24)9-6-15/h5-6,8-9,13-14,16,18-19,22,26H,7,10-12H2,1-4H3,(H,25,30). The summed E-state index contributed by atoms with van der Waals surface area (Å²) in [5.41, 5.74) is 3.98. The molecule has 1 aromatic rings. The maximum Gasteiger partial charge on any atom is 0.337 e.